The van der Waals surface area contributed by atoms with Gasteiger partial charge >= 0.3 is 12.1 Å². The van der Waals surface area contributed by atoms with E-state index in [0.29, 0.717) is 11.6 Å². The van der Waals surface area contributed by atoms with E-state index >= 15 is 0 Å². The highest BCUT2D eigenvalue weighted by molar-refractivity contribution is 9.10. The van der Waals surface area contributed by atoms with Gasteiger partial charge in [0.05, 0.1) is 43.8 Å². The van der Waals surface area contributed by atoms with Crippen LogP contribution in [0.4, 0.5) is 18.9 Å². The van der Waals surface area contributed by atoms with Gasteiger partial charge in [-0.1, -0.05) is 15.9 Å². The molecule has 1 aliphatic heterocycles. The molecule has 2 amide bonds. The van der Waals surface area contributed by atoms with Gasteiger partial charge in [0.1, 0.15) is 5.75 Å². The molecule has 0 saturated carbocycles. The molecule has 6 N–H and O–H groups in total. The van der Waals surface area contributed by atoms with Crippen molar-refractivity contribution in [3.63, 3.8) is 0 Å². The van der Waals surface area contributed by atoms with E-state index in [-0.39, 0.29) is 41.0 Å². The molecule has 2 aromatic carbocycles. The lowest BCUT2D eigenvalue weighted by Crippen LogP contribution is -2.42. The van der Waals surface area contributed by atoms with Crippen LogP contribution < -0.4 is 21.3 Å². The first-order valence-corrected chi connectivity index (χ1v) is 12.8. The van der Waals surface area contributed by atoms with Crippen LogP contribution in [0.15, 0.2) is 45.9 Å². The van der Waals surface area contributed by atoms with Gasteiger partial charge in [-0.05, 0) is 42.8 Å². The summed E-state index contributed by atoms with van der Waals surface area (Å²) in [7, 11) is 0. The smallest absolute Gasteiger partial charge is 0.416 e. The van der Waals surface area contributed by atoms with E-state index in [4.69, 9.17) is 4.74 Å². The number of phenolic OH excluding ortho intramolecular Hbond substituents is 1. The number of rotatable bonds is 9. The number of phenols is 1. The van der Waals surface area contributed by atoms with Crippen molar-refractivity contribution in [1.29, 1.82) is 0 Å². The van der Waals surface area contributed by atoms with Crippen LogP contribution >= 0.6 is 15.9 Å². The van der Waals surface area contributed by atoms with E-state index in [1.54, 1.807) is 6.92 Å². The van der Waals surface area contributed by atoms with E-state index in [1.165, 1.54) is 24.3 Å². The Morgan fingerprint density at radius 2 is 1.95 bits per heavy atom. The van der Waals surface area contributed by atoms with Crippen molar-refractivity contribution in [2.45, 2.75) is 31.7 Å². The molecule has 0 aliphatic carbocycles. The van der Waals surface area contributed by atoms with Crippen LogP contribution in [0.2, 0.25) is 0 Å². The summed E-state index contributed by atoms with van der Waals surface area (Å²) in [6.45, 7) is 1.46. The van der Waals surface area contributed by atoms with Gasteiger partial charge in [-0.25, -0.2) is 0 Å². The number of aliphatic hydroxyl groups excluding tert-OH is 1. The highest BCUT2D eigenvalue weighted by atomic mass is 79.9. The molecule has 40 heavy (non-hydrogen) atoms. The number of hydrogen-bond acceptors (Lipinski definition) is 9. The Morgan fingerprint density at radius 1 is 1.20 bits per heavy atom. The fourth-order valence-electron chi connectivity index (χ4n) is 3.69. The highest BCUT2D eigenvalue weighted by Gasteiger charge is 2.32. The van der Waals surface area contributed by atoms with E-state index < -0.39 is 54.6 Å². The summed E-state index contributed by atoms with van der Waals surface area (Å²) < 4.78 is 45.0. The van der Waals surface area contributed by atoms with Crippen molar-refractivity contribution < 1.29 is 42.5 Å². The molecule has 216 valence electrons. The summed E-state index contributed by atoms with van der Waals surface area (Å²) in [5, 5.41) is 30.1. The lowest BCUT2D eigenvalue weighted by atomic mass is 10.0. The van der Waals surface area contributed by atoms with E-state index in [0.717, 1.165) is 12.1 Å². The number of anilines is 1. The monoisotopic (exact) mass is 629 g/mol. The molecule has 0 bridgehead atoms. The summed E-state index contributed by atoms with van der Waals surface area (Å²) in [6.07, 6.45) is -5.74. The Kier molecular flexibility index (Phi) is 10.3. The standard InChI is InChI=1S/C25H27BrF3N5O6/c1-2-40-22(38)9-20(13-3-15(25(27,28)29)7-16(26)4-13)34-21(37)12-30-23(39)14-5-17(8-18(35)6-14)33-24-31-10-19(36)11-32-24/h3-8,19-20,35-36H,2,9-12H2,1H3,(H,30,39)(H,34,37)(H2,31,32,33). The number of nitrogens with zero attached hydrogens (tertiary/aromatic N) is 1. The zero-order valence-electron chi connectivity index (χ0n) is 21.1. The first-order chi connectivity index (χ1) is 18.8. The number of hydrogen-bond donors (Lipinski definition) is 6. The van der Waals surface area contributed by atoms with Gasteiger partial charge in [0.25, 0.3) is 5.91 Å². The maximum atomic E-state index is 13.3. The number of ether oxygens (including phenoxy) is 1. The maximum absolute atomic E-state index is 13.3. The Labute approximate surface area is 235 Å². The number of alkyl halides is 3. The summed E-state index contributed by atoms with van der Waals surface area (Å²) in [5.41, 5.74) is -0.671. The number of guanidine groups is 1. The third kappa shape index (κ3) is 9.12. The maximum Gasteiger partial charge on any atom is 0.416 e. The van der Waals surface area contributed by atoms with Crippen LogP contribution in [0.3, 0.4) is 0 Å². The number of aliphatic imine (C=N–C) groups is 1. The molecule has 2 atom stereocenters. The molecule has 0 radical (unpaired) electrons. The second-order valence-electron chi connectivity index (χ2n) is 8.70. The number of β-amino-alcohol motifs (C(OH)–C–C–N with tert-alkyl or cyclic N) is 1. The number of carbonyl (C=O) groups is 3. The van der Waals surface area contributed by atoms with Crippen molar-refractivity contribution in [2.24, 2.45) is 4.99 Å². The Morgan fingerprint density at radius 3 is 2.60 bits per heavy atom. The molecule has 11 nitrogen and oxygen atoms in total. The largest absolute Gasteiger partial charge is 0.508 e. The van der Waals surface area contributed by atoms with Crippen LogP contribution in [0.25, 0.3) is 0 Å². The zero-order valence-corrected chi connectivity index (χ0v) is 22.7. The molecule has 0 spiro atoms. The average molecular weight is 630 g/mol. The highest BCUT2D eigenvalue weighted by Crippen LogP contribution is 2.34. The van der Waals surface area contributed by atoms with Crippen LogP contribution in [0.1, 0.15) is 40.9 Å². The average Bonchev–Trinajstić information content (AvgIpc) is 2.87. The zero-order chi connectivity index (χ0) is 29.4. The first kappa shape index (κ1) is 30.7. The normalized spacial score (nSPS) is 15.8. The molecule has 0 saturated heterocycles. The summed E-state index contributed by atoms with van der Waals surface area (Å²) in [6, 6.07) is 5.75. The number of amides is 2. The van der Waals surface area contributed by atoms with Crippen molar-refractivity contribution in [3.05, 3.63) is 57.6 Å². The molecule has 0 fully saturated rings. The summed E-state index contributed by atoms with van der Waals surface area (Å²) >= 11 is 3.02. The molecular weight excluding hydrogens is 603 g/mol. The minimum Gasteiger partial charge on any atom is -0.508 e. The van der Waals surface area contributed by atoms with E-state index in [2.05, 4.69) is 42.2 Å². The van der Waals surface area contributed by atoms with Gasteiger partial charge in [0.2, 0.25) is 5.91 Å². The fraction of sp³-hybridized carbons (Fsp3) is 0.360. The Balaban J connectivity index is 1.70. The summed E-state index contributed by atoms with van der Waals surface area (Å²) in [5.74, 6) is -2.17. The Hall–Kier alpha value is -3.85. The topological polar surface area (TPSA) is 161 Å². The fourth-order valence-corrected chi connectivity index (χ4v) is 4.20. The van der Waals surface area contributed by atoms with Gasteiger partial charge in [-0.2, -0.15) is 13.2 Å². The third-order valence-corrected chi connectivity index (χ3v) is 5.94. The number of carbonyl (C=O) groups excluding carboxylic acids is 3. The van der Waals surface area contributed by atoms with Crippen molar-refractivity contribution in [2.75, 3.05) is 31.6 Å². The minimum atomic E-state index is -4.67. The van der Waals surface area contributed by atoms with Gasteiger partial charge in [-0.3, -0.25) is 19.4 Å². The van der Waals surface area contributed by atoms with Gasteiger partial charge in [0, 0.05) is 28.3 Å². The van der Waals surface area contributed by atoms with Gasteiger partial charge < -0.3 is 36.2 Å². The second kappa shape index (κ2) is 13.5. The van der Waals surface area contributed by atoms with Gasteiger partial charge in [0.15, 0.2) is 5.96 Å². The predicted molar refractivity (Wildman–Crippen MR) is 142 cm³/mol. The quantitative estimate of drug-likeness (QED) is 0.231. The van der Waals surface area contributed by atoms with E-state index in [9.17, 15) is 37.8 Å². The second-order valence-corrected chi connectivity index (χ2v) is 9.62. The number of halogens is 4. The summed E-state index contributed by atoms with van der Waals surface area (Å²) in [4.78, 5) is 41.6. The van der Waals surface area contributed by atoms with Crippen LogP contribution in [0.5, 0.6) is 5.75 Å². The number of aliphatic hydroxyl groups is 1. The van der Waals surface area contributed by atoms with Crippen molar-refractivity contribution in [3.8, 4) is 5.75 Å². The van der Waals surface area contributed by atoms with Gasteiger partial charge in [-0.15, -0.1) is 0 Å². The lowest BCUT2D eigenvalue weighted by molar-refractivity contribution is -0.143. The first-order valence-electron chi connectivity index (χ1n) is 12.0. The molecule has 1 heterocycles. The van der Waals surface area contributed by atoms with Crippen LogP contribution in [-0.2, 0) is 20.5 Å². The minimum absolute atomic E-state index is 0.00312. The molecule has 0 aromatic heterocycles. The SMILES string of the molecule is CCOC(=O)CC(NC(=O)CNC(=O)c1cc(O)cc(NC2=NCC(O)CN2)c1)c1cc(Br)cc(C(F)(F)F)c1. The lowest BCUT2D eigenvalue weighted by Gasteiger charge is -2.21. The molecule has 3 rings (SSSR count). The molecule has 1 aliphatic rings. The molecule has 2 unspecified atom stereocenters. The third-order valence-electron chi connectivity index (χ3n) is 5.48. The van der Waals surface area contributed by atoms with E-state index in [1.807, 2.05) is 0 Å². The van der Waals surface area contributed by atoms with Crippen LogP contribution in [-0.4, -0.2) is 66.3 Å². The molecule has 15 heteroatoms. The number of aromatic hydroxyl groups is 1. The number of esters is 1. The van der Waals surface area contributed by atoms with Crippen molar-refractivity contribution in [1.82, 2.24) is 16.0 Å². The molecule has 2 aromatic rings. The Bertz CT molecular complexity index is 1290. The number of benzene rings is 2. The van der Waals surface area contributed by atoms with Crippen molar-refractivity contribution >= 4 is 45.4 Å². The number of nitrogens with one attached hydrogen (secondary N) is 4. The molecular formula is C25H27BrF3N5O6. The van der Waals surface area contributed by atoms with Crippen LogP contribution in [0, 0.1) is 0 Å². The predicted octanol–water partition coefficient (Wildman–Crippen LogP) is 2.45.